The number of para-hydroxylation sites is 1. The van der Waals surface area contributed by atoms with Crippen LogP contribution in [0, 0.1) is 6.92 Å². The summed E-state index contributed by atoms with van der Waals surface area (Å²) in [6.07, 6.45) is 0. The third-order valence-corrected chi connectivity index (χ3v) is 2.88. The minimum atomic E-state index is -0.564. The Morgan fingerprint density at radius 1 is 1.05 bits per heavy atom. The van der Waals surface area contributed by atoms with E-state index in [-0.39, 0.29) is 11.3 Å². The number of phenols is 1. The number of hydrogen-bond acceptors (Lipinski definition) is 4. The number of esters is 1. The van der Waals surface area contributed by atoms with Gasteiger partial charge in [-0.05, 0) is 30.7 Å². The predicted molar refractivity (Wildman–Crippen MR) is 73.9 cm³/mol. The lowest BCUT2D eigenvalue weighted by atomic mass is 10.1. The zero-order chi connectivity index (χ0) is 14.5. The molecular weight excluding hydrogens is 256 g/mol. The summed E-state index contributed by atoms with van der Waals surface area (Å²) < 4.78 is 4.94. The van der Waals surface area contributed by atoms with E-state index in [9.17, 15) is 14.7 Å². The van der Waals surface area contributed by atoms with Crippen molar-refractivity contribution in [2.45, 2.75) is 6.92 Å². The van der Waals surface area contributed by atoms with Crippen molar-refractivity contribution >= 4 is 11.8 Å². The smallest absolute Gasteiger partial charge is 0.338 e. The number of hydrogen-bond donors (Lipinski definition) is 1. The normalized spacial score (nSPS) is 10.1. The van der Waals surface area contributed by atoms with E-state index in [0.29, 0.717) is 11.1 Å². The number of benzene rings is 2. The molecule has 0 aliphatic carbocycles. The zero-order valence-corrected chi connectivity index (χ0v) is 11.0. The number of aromatic hydroxyl groups is 1. The molecule has 0 saturated carbocycles. The van der Waals surface area contributed by atoms with Crippen molar-refractivity contribution in [3.8, 4) is 5.75 Å². The molecule has 0 aromatic heterocycles. The number of Topliss-reactive ketones (excluding diaryl/α,β-unsaturated/α-hetero) is 1. The van der Waals surface area contributed by atoms with E-state index in [1.807, 2.05) is 0 Å². The number of ketones is 1. The van der Waals surface area contributed by atoms with Crippen LogP contribution in [-0.4, -0.2) is 23.5 Å². The van der Waals surface area contributed by atoms with Crippen LogP contribution in [0.3, 0.4) is 0 Å². The van der Waals surface area contributed by atoms with Gasteiger partial charge in [-0.2, -0.15) is 0 Å². The Morgan fingerprint density at radius 3 is 2.45 bits per heavy atom. The molecule has 0 amide bonds. The summed E-state index contributed by atoms with van der Waals surface area (Å²) in [5.74, 6) is -1.07. The quantitative estimate of drug-likeness (QED) is 0.685. The largest absolute Gasteiger partial charge is 0.507 e. The van der Waals surface area contributed by atoms with Gasteiger partial charge >= 0.3 is 5.97 Å². The van der Waals surface area contributed by atoms with Crippen molar-refractivity contribution in [3.05, 3.63) is 65.2 Å². The number of aryl methyl sites for hydroxylation is 1. The predicted octanol–water partition coefficient (Wildman–Crippen LogP) is 2.74. The van der Waals surface area contributed by atoms with Gasteiger partial charge in [0.1, 0.15) is 5.75 Å². The molecule has 0 atom stereocenters. The Balaban J connectivity index is 2.03. The maximum atomic E-state index is 11.9. The summed E-state index contributed by atoms with van der Waals surface area (Å²) in [6, 6.07) is 13.3. The minimum absolute atomic E-state index is 0.0757. The maximum Gasteiger partial charge on any atom is 0.338 e. The SMILES string of the molecule is Cc1cccc(C(=O)COC(=O)c2ccccc2)c1O. The lowest BCUT2D eigenvalue weighted by Gasteiger charge is -2.07. The topological polar surface area (TPSA) is 63.6 Å². The van der Waals surface area contributed by atoms with Gasteiger partial charge in [-0.15, -0.1) is 0 Å². The number of carbonyl (C=O) groups is 2. The first-order valence-electron chi connectivity index (χ1n) is 6.13. The van der Waals surface area contributed by atoms with E-state index < -0.39 is 18.4 Å². The average Bonchev–Trinajstić information content (AvgIpc) is 2.48. The summed E-state index contributed by atoms with van der Waals surface area (Å²) in [5, 5.41) is 9.79. The molecule has 0 aliphatic heterocycles. The average molecular weight is 270 g/mol. The molecule has 102 valence electrons. The third kappa shape index (κ3) is 3.03. The number of phenolic OH excluding ortho intramolecular Hbond substituents is 1. The summed E-state index contributed by atoms with van der Waals surface area (Å²) >= 11 is 0. The highest BCUT2D eigenvalue weighted by Gasteiger charge is 2.15. The summed E-state index contributed by atoms with van der Waals surface area (Å²) in [6.45, 7) is 1.30. The van der Waals surface area contributed by atoms with Crippen LogP contribution in [-0.2, 0) is 4.74 Å². The fraction of sp³-hybridized carbons (Fsp3) is 0.125. The first kappa shape index (κ1) is 13.8. The molecule has 0 fully saturated rings. The summed E-state index contributed by atoms with van der Waals surface area (Å²) in [7, 11) is 0. The van der Waals surface area contributed by atoms with Crippen molar-refractivity contribution in [1.29, 1.82) is 0 Å². The van der Waals surface area contributed by atoms with Gasteiger partial charge in [0.05, 0.1) is 11.1 Å². The van der Waals surface area contributed by atoms with Crippen molar-refractivity contribution < 1.29 is 19.4 Å². The maximum absolute atomic E-state index is 11.9. The van der Waals surface area contributed by atoms with Crippen molar-refractivity contribution in [3.63, 3.8) is 0 Å². The van der Waals surface area contributed by atoms with Crippen molar-refractivity contribution in [2.75, 3.05) is 6.61 Å². The van der Waals surface area contributed by atoms with E-state index in [1.54, 1.807) is 49.4 Å². The van der Waals surface area contributed by atoms with Crippen LogP contribution in [0.2, 0.25) is 0 Å². The summed E-state index contributed by atoms with van der Waals surface area (Å²) in [4.78, 5) is 23.6. The van der Waals surface area contributed by atoms with Crippen molar-refractivity contribution in [2.24, 2.45) is 0 Å². The lowest BCUT2D eigenvalue weighted by molar-refractivity contribution is 0.0474. The highest BCUT2D eigenvalue weighted by molar-refractivity contribution is 6.01. The standard InChI is InChI=1S/C16H14O4/c1-11-6-5-9-13(15(11)18)14(17)10-20-16(19)12-7-3-2-4-8-12/h2-9,18H,10H2,1H3. The van der Waals surface area contributed by atoms with E-state index in [0.717, 1.165) is 0 Å². The molecule has 2 rings (SSSR count). The molecule has 4 heteroatoms. The monoisotopic (exact) mass is 270 g/mol. The zero-order valence-electron chi connectivity index (χ0n) is 11.0. The van der Waals surface area contributed by atoms with Gasteiger partial charge in [-0.3, -0.25) is 4.79 Å². The van der Waals surface area contributed by atoms with E-state index in [1.165, 1.54) is 6.07 Å². The Bertz CT molecular complexity index is 632. The molecule has 0 bridgehead atoms. The molecule has 0 saturated heterocycles. The molecule has 0 aliphatic rings. The Hall–Kier alpha value is -2.62. The molecule has 2 aromatic carbocycles. The molecule has 0 spiro atoms. The van der Waals surface area contributed by atoms with Gasteiger partial charge < -0.3 is 9.84 Å². The second-order valence-corrected chi connectivity index (χ2v) is 4.34. The molecule has 0 radical (unpaired) electrons. The van der Waals surface area contributed by atoms with Crippen LogP contribution in [0.25, 0.3) is 0 Å². The van der Waals surface area contributed by atoms with Gasteiger partial charge in [0.25, 0.3) is 0 Å². The molecule has 2 aromatic rings. The van der Waals surface area contributed by atoms with Crippen LogP contribution in [0.5, 0.6) is 5.75 Å². The minimum Gasteiger partial charge on any atom is -0.507 e. The highest BCUT2D eigenvalue weighted by atomic mass is 16.5. The first-order chi connectivity index (χ1) is 9.59. The first-order valence-corrected chi connectivity index (χ1v) is 6.13. The van der Waals surface area contributed by atoms with Gasteiger partial charge in [0.15, 0.2) is 6.61 Å². The van der Waals surface area contributed by atoms with Crippen LogP contribution in [0.15, 0.2) is 48.5 Å². The Morgan fingerprint density at radius 2 is 1.75 bits per heavy atom. The van der Waals surface area contributed by atoms with Gasteiger partial charge in [0.2, 0.25) is 5.78 Å². The van der Waals surface area contributed by atoms with Gasteiger partial charge in [0, 0.05) is 0 Å². The van der Waals surface area contributed by atoms with Crippen LogP contribution >= 0.6 is 0 Å². The molecule has 0 unspecified atom stereocenters. The van der Waals surface area contributed by atoms with Gasteiger partial charge in [-0.25, -0.2) is 4.79 Å². The molecule has 1 N–H and O–H groups in total. The van der Waals surface area contributed by atoms with E-state index in [2.05, 4.69) is 0 Å². The van der Waals surface area contributed by atoms with E-state index >= 15 is 0 Å². The fourth-order valence-electron chi connectivity index (χ4n) is 1.75. The number of rotatable bonds is 4. The lowest BCUT2D eigenvalue weighted by Crippen LogP contribution is -2.14. The van der Waals surface area contributed by atoms with Crippen LogP contribution in [0.1, 0.15) is 26.3 Å². The number of carbonyl (C=O) groups excluding carboxylic acids is 2. The molecule has 0 heterocycles. The van der Waals surface area contributed by atoms with E-state index in [4.69, 9.17) is 4.74 Å². The Labute approximate surface area is 116 Å². The molecule has 4 nitrogen and oxygen atoms in total. The second kappa shape index (κ2) is 6.02. The second-order valence-electron chi connectivity index (χ2n) is 4.34. The fourth-order valence-corrected chi connectivity index (χ4v) is 1.75. The molecular formula is C16H14O4. The van der Waals surface area contributed by atoms with Gasteiger partial charge in [-0.1, -0.05) is 30.3 Å². The van der Waals surface area contributed by atoms with Crippen LogP contribution < -0.4 is 0 Å². The highest BCUT2D eigenvalue weighted by Crippen LogP contribution is 2.21. The molecule has 20 heavy (non-hydrogen) atoms. The Kier molecular flexibility index (Phi) is 4.15. The summed E-state index contributed by atoms with van der Waals surface area (Å²) in [5.41, 5.74) is 1.14. The number of ether oxygens (including phenoxy) is 1. The van der Waals surface area contributed by atoms with Crippen LogP contribution in [0.4, 0.5) is 0 Å². The van der Waals surface area contributed by atoms with Crippen molar-refractivity contribution in [1.82, 2.24) is 0 Å². The third-order valence-electron chi connectivity index (χ3n) is 2.88.